The van der Waals surface area contributed by atoms with Crippen molar-refractivity contribution in [2.75, 3.05) is 7.11 Å². The van der Waals surface area contributed by atoms with Crippen LogP contribution >= 0.6 is 0 Å². The zero-order chi connectivity index (χ0) is 13.7. The van der Waals surface area contributed by atoms with Crippen LogP contribution in [0.3, 0.4) is 0 Å². The molecule has 1 fully saturated rings. The first-order valence-electron chi connectivity index (χ1n) is 6.65. The van der Waals surface area contributed by atoms with Crippen molar-refractivity contribution in [2.45, 2.75) is 44.7 Å². The van der Waals surface area contributed by atoms with Crippen molar-refractivity contribution in [3.63, 3.8) is 0 Å². The summed E-state index contributed by atoms with van der Waals surface area (Å²) in [6, 6.07) is 9.80. The summed E-state index contributed by atoms with van der Waals surface area (Å²) in [5.74, 6) is -0.242. The molecule has 0 amide bonds. The van der Waals surface area contributed by atoms with Crippen molar-refractivity contribution in [3.8, 4) is 0 Å². The summed E-state index contributed by atoms with van der Waals surface area (Å²) >= 11 is 0. The molecule has 0 spiro atoms. The van der Waals surface area contributed by atoms with E-state index in [4.69, 9.17) is 14.2 Å². The quantitative estimate of drug-likeness (QED) is 0.784. The molecule has 19 heavy (non-hydrogen) atoms. The van der Waals surface area contributed by atoms with Crippen LogP contribution in [-0.4, -0.2) is 25.3 Å². The van der Waals surface area contributed by atoms with E-state index in [1.54, 1.807) is 0 Å². The molecule has 0 saturated carbocycles. The Balaban J connectivity index is 2.06. The zero-order valence-corrected chi connectivity index (χ0v) is 11.4. The van der Waals surface area contributed by atoms with Gasteiger partial charge in [0.15, 0.2) is 6.29 Å². The average Bonchev–Trinajstić information content (AvgIpc) is 2.47. The van der Waals surface area contributed by atoms with Crippen molar-refractivity contribution < 1.29 is 19.0 Å². The largest absolute Gasteiger partial charge is 0.469 e. The summed E-state index contributed by atoms with van der Waals surface area (Å²) in [6.07, 6.45) is 1.50. The van der Waals surface area contributed by atoms with Crippen molar-refractivity contribution in [2.24, 2.45) is 0 Å². The van der Waals surface area contributed by atoms with Crippen LogP contribution < -0.4 is 0 Å². The van der Waals surface area contributed by atoms with Crippen LogP contribution in [0.15, 0.2) is 30.3 Å². The number of ether oxygens (including phenoxy) is 3. The highest BCUT2D eigenvalue weighted by molar-refractivity contribution is 5.69. The maximum atomic E-state index is 11.4. The van der Waals surface area contributed by atoms with E-state index in [2.05, 4.69) is 6.92 Å². The molecule has 0 radical (unpaired) electrons. The van der Waals surface area contributed by atoms with Crippen molar-refractivity contribution in [3.05, 3.63) is 35.9 Å². The second-order valence-electron chi connectivity index (χ2n) is 4.68. The summed E-state index contributed by atoms with van der Waals surface area (Å²) in [7, 11) is 1.40. The minimum absolute atomic E-state index is 0.119. The highest BCUT2D eigenvalue weighted by Gasteiger charge is 2.31. The lowest BCUT2D eigenvalue weighted by atomic mass is 10.0. The van der Waals surface area contributed by atoms with E-state index in [9.17, 15) is 4.79 Å². The molecule has 3 atom stereocenters. The van der Waals surface area contributed by atoms with E-state index >= 15 is 0 Å². The van der Waals surface area contributed by atoms with Crippen LogP contribution in [0, 0.1) is 0 Å². The third-order valence-corrected chi connectivity index (χ3v) is 3.31. The SMILES string of the molecule is CC[C@H]1C[C@@H](CC(=O)OC)O[C@@H](c2ccccc2)O1. The molecule has 1 aromatic carbocycles. The number of carbonyl (C=O) groups is 1. The minimum Gasteiger partial charge on any atom is -0.469 e. The Kier molecular flexibility index (Phi) is 4.93. The minimum atomic E-state index is -0.394. The predicted octanol–water partition coefficient (Wildman–Crippen LogP) is 2.83. The predicted molar refractivity (Wildman–Crippen MR) is 70.5 cm³/mol. The van der Waals surface area contributed by atoms with Gasteiger partial charge in [0.1, 0.15) is 0 Å². The lowest BCUT2D eigenvalue weighted by Crippen LogP contribution is -2.35. The molecule has 0 aromatic heterocycles. The maximum Gasteiger partial charge on any atom is 0.308 e. The number of hydrogen-bond donors (Lipinski definition) is 0. The van der Waals surface area contributed by atoms with Gasteiger partial charge in [-0.25, -0.2) is 0 Å². The van der Waals surface area contributed by atoms with E-state index in [1.807, 2.05) is 30.3 Å². The topological polar surface area (TPSA) is 44.8 Å². The number of hydrogen-bond acceptors (Lipinski definition) is 4. The fraction of sp³-hybridized carbons (Fsp3) is 0.533. The molecule has 2 rings (SSSR count). The average molecular weight is 264 g/mol. The van der Waals surface area contributed by atoms with E-state index in [-0.39, 0.29) is 24.6 Å². The molecule has 1 aliphatic rings. The Hall–Kier alpha value is -1.39. The Labute approximate surface area is 113 Å². The summed E-state index contributed by atoms with van der Waals surface area (Å²) in [6.45, 7) is 2.08. The van der Waals surface area contributed by atoms with Gasteiger partial charge in [0.05, 0.1) is 25.7 Å². The number of benzene rings is 1. The fourth-order valence-electron chi connectivity index (χ4n) is 2.22. The van der Waals surface area contributed by atoms with Gasteiger partial charge in [-0.2, -0.15) is 0 Å². The van der Waals surface area contributed by atoms with Crippen molar-refractivity contribution in [1.82, 2.24) is 0 Å². The van der Waals surface area contributed by atoms with Crippen LogP contribution in [-0.2, 0) is 19.0 Å². The smallest absolute Gasteiger partial charge is 0.308 e. The zero-order valence-electron chi connectivity index (χ0n) is 11.4. The molecule has 4 nitrogen and oxygen atoms in total. The van der Waals surface area contributed by atoms with Gasteiger partial charge in [0, 0.05) is 12.0 Å². The van der Waals surface area contributed by atoms with Crippen LogP contribution in [0.1, 0.15) is 38.0 Å². The van der Waals surface area contributed by atoms with Crippen LogP contribution in [0.5, 0.6) is 0 Å². The Morgan fingerprint density at radius 3 is 2.58 bits per heavy atom. The third-order valence-electron chi connectivity index (χ3n) is 3.31. The van der Waals surface area contributed by atoms with Gasteiger partial charge in [-0.05, 0) is 6.42 Å². The summed E-state index contributed by atoms with van der Waals surface area (Å²) in [5, 5.41) is 0. The molecule has 4 heteroatoms. The maximum absolute atomic E-state index is 11.4. The molecule has 1 aromatic rings. The number of rotatable bonds is 4. The van der Waals surface area contributed by atoms with Gasteiger partial charge >= 0.3 is 5.97 Å². The van der Waals surface area contributed by atoms with Gasteiger partial charge in [0.25, 0.3) is 0 Å². The van der Waals surface area contributed by atoms with Crippen LogP contribution in [0.25, 0.3) is 0 Å². The first-order chi connectivity index (χ1) is 9.22. The van der Waals surface area contributed by atoms with E-state index in [0.29, 0.717) is 0 Å². The van der Waals surface area contributed by atoms with Crippen molar-refractivity contribution >= 4 is 5.97 Å². The molecule has 0 aliphatic carbocycles. The first-order valence-corrected chi connectivity index (χ1v) is 6.65. The molecule has 0 unspecified atom stereocenters. The van der Waals surface area contributed by atoms with E-state index in [0.717, 1.165) is 18.4 Å². The Bertz CT molecular complexity index is 404. The van der Waals surface area contributed by atoms with Crippen LogP contribution in [0.2, 0.25) is 0 Å². The monoisotopic (exact) mass is 264 g/mol. The summed E-state index contributed by atoms with van der Waals surface area (Å²) in [4.78, 5) is 11.4. The highest BCUT2D eigenvalue weighted by Crippen LogP contribution is 2.32. The Morgan fingerprint density at radius 2 is 1.95 bits per heavy atom. The van der Waals surface area contributed by atoms with Gasteiger partial charge in [-0.1, -0.05) is 37.3 Å². The number of methoxy groups -OCH3 is 1. The highest BCUT2D eigenvalue weighted by atomic mass is 16.7. The normalized spacial score (nSPS) is 26.9. The first kappa shape index (κ1) is 14.0. The number of carbonyl (C=O) groups excluding carboxylic acids is 1. The second-order valence-corrected chi connectivity index (χ2v) is 4.68. The van der Waals surface area contributed by atoms with Gasteiger partial charge in [-0.3, -0.25) is 4.79 Å². The molecule has 1 heterocycles. The molecule has 0 N–H and O–H groups in total. The lowest BCUT2D eigenvalue weighted by Gasteiger charge is -2.35. The molecular formula is C15H20O4. The van der Waals surface area contributed by atoms with Gasteiger partial charge < -0.3 is 14.2 Å². The third kappa shape index (κ3) is 3.78. The summed E-state index contributed by atoms with van der Waals surface area (Å²) in [5.41, 5.74) is 0.982. The standard InChI is InChI=1S/C15H20O4/c1-3-12-9-13(10-14(16)17-2)19-15(18-12)11-7-5-4-6-8-11/h4-8,12-13,15H,3,9-10H2,1-2H3/t12-,13-,15-/m0/s1. The molecule has 104 valence electrons. The molecule has 1 aliphatic heterocycles. The second kappa shape index (κ2) is 6.68. The van der Waals surface area contributed by atoms with Gasteiger partial charge in [0.2, 0.25) is 0 Å². The molecular weight excluding hydrogens is 244 g/mol. The molecule has 0 bridgehead atoms. The van der Waals surface area contributed by atoms with Gasteiger partial charge in [-0.15, -0.1) is 0 Å². The van der Waals surface area contributed by atoms with E-state index < -0.39 is 6.29 Å². The number of esters is 1. The Morgan fingerprint density at radius 1 is 1.26 bits per heavy atom. The summed E-state index contributed by atoms with van der Waals surface area (Å²) < 4.78 is 16.4. The fourth-order valence-corrected chi connectivity index (χ4v) is 2.22. The van der Waals surface area contributed by atoms with E-state index in [1.165, 1.54) is 7.11 Å². The van der Waals surface area contributed by atoms with Crippen molar-refractivity contribution in [1.29, 1.82) is 0 Å². The molecule has 1 saturated heterocycles. The lowest BCUT2D eigenvalue weighted by molar-refractivity contribution is -0.249. The van der Waals surface area contributed by atoms with Crippen LogP contribution in [0.4, 0.5) is 0 Å².